The van der Waals surface area contributed by atoms with E-state index in [0.29, 0.717) is 5.56 Å². The summed E-state index contributed by atoms with van der Waals surface area (Å²) >= 11 is 0. The van der Waals surface area contributed by atoms with Gasteiger partial charge in [-0.05, 0) is 18.6 Å². The van der Waals surface area contributed by atoms with Gasteiger partial charge in [0.25, 0.3) is 0 Å². The lowest BCUT2D eigenvalue weighted by Gasteiger charge is -2.09. The first kappa shape index (κ1) is 14.4. The van der Waals surface area contributed by atoms with Crippen molar-refractivity contribution < 1.29 is 4.39 Å². The number of nitrogens with zero attached hydrogens (tertiary/aromatic N) is 2. The first-order valence-electron chi connectivity index (χ1n) is 5.10. The molecule has 0 aliphatic heterocycles. The van der Waals surface area contributed by atoms with Gasteiger partial charge in [-0.15, -0.1) is 5.10 Å². The molecule has 0 heterocycles. The second-order valence-electron chi connectivity index (χ2n) is 2.99. The summed E-state index contributed by atoms with van der Waals surface area (Å²) < 4.78 is 13.3. The summed E-state index contributed by atoms with van der Waals surface area (Å²) in [6.45, 7) is 5.76. The van der Waals surface area contributed by atoms with E-state index in [1.807, 2.05) is 13.8 Å². The summed E-state index contributed by atoms with van der Waals surface area (Å²) in [4.78, 5) is 0. The zero-order chi connectivity index (χ0) is 12.7. The fourth-order valence-corrected chi connectivity index (χ4v) is 1.18. The van der Waals surface area contributed by atoms with E-state index in [9.17, 15) is 4.39 Å². The highest BCUT2D eigenvalue weighted by atomic mass is 19.1. The first-order chi connectivity index (χ1) is 7.52. The third kappa shape index (κ3) is 3.86. The van der Waals surface area contributed by atoms with Crippen LogP contribution in [0.15, 0.2) is 23.3 Å². The van der Waals surface area contributed by atoms with Crippen LogP contribution in [0.25, 0.3) is 0 Å². The second-order valence-corrected chi connectivity index (χ2v) is 2.99. The molecule has 1 rings (SSSR count). The quantitative estimate of drug-likeness (QED) is 0.348. The Morgan fingerprint density at radius 2 is 1.94 bits per heavy atom. The Balaban J connectivity index is 0.00000106. The van der Waals surface area contributed by atoms with E-state index < -0.39 is 5.82 Å². The number of aryl methyl sites for hydroxylation is 1. The van der Waals surface area contributed by atoms with Crippen LogP contribution in [0.2, 0.25) is 0 Å². The minimum absolute atomic E-state index is 0.0746. The molecule has 4 N–H and O–H groups in total. The maximum atomic E-state index is 13.3. The van der Waals surface area contributed by atoms with Gasteiger partial charge in [-0.25, -0.2) is 15.4 Å². The molecule has 0 fully saturated rings. The highest BCUT2D eigenvalue weighted by Gasteiger charge is 2.09. The predicted molar refractivity (Wildman–Crippen MR) is 65.2 cm³/mol. The van der Waals surface area contributed by atoms with Crippen molar-refractivity contribution in [3.63, 3.8) is 0 Å². The van der Waals surface area contributed by atoms with Gasteiger partial charge in [-0.2, -0.15) is 0 Å². The Hall–Kier alpha value is -1.62. The molecule has 5 heteroatoms. The molecule has 0 amide bonds. The van der Waals surface area contributed by atoms with Crippen LogP contribution >= 0.6 is 0 Å². The van der Waals surface area contributed by atoms with E-state index in [1.54, 1.807) is 19.1 Å². The summed E-state index contributed by atoms with van der Waals surface area (Å²) in [5.74, 6) is 4.95. The van der Waals surface area contributed by atoms with Crippen LogP contribution in [0, 0.1) is 12.7 Å². The maximum Gasteiger partial charge on any atom is 0.155 e. The molecule has 0 aromatic heterocycles. The molecule has 0 saturated carbocycles. The second kappa shape index (κ2) is 6.79. The van der Waals surface area contributed by atoms with Gasteiger partial charge >= 0.3 is 0 Å². The minimum Gasteiger partial charge on any atom is -0.382 e. The van der Waals surface area contributed by atoms with E-state index >= 15 is 0 Å². The van der Waals surface area contributed by atoms with E-state index in [0.717, 1.165) is 10.7 Å². The molecule has 0 saturated heterocycles. The van der Waals surface area contributed by atoms with Crippen LogP contribution in [0.4, 0.5) is 4.39 Å². The Bertz CT molecular complexity index is 341. The van der Waals surface area contributed by atoms with Crippen LogP contribution in [0.1, 0.15) is 25.0 Å². The molecule has 0 unspecified atom stereocenters. The molecule has 4 nitrogen and oxygen atoms in total. The topological polar surface area (TPSA) is 67.6 Å². The van der Waals surface area contributed by atoms with Gasteiger partial charge in [-0.3, -0.25) is 0 Å². The molecular weight excluding hydrogens is 207 g/mol. The molecule has 1 aromatic rings. The Kier molecular flexibility index (Phi) is 6.10. The van der Waals surface area contributed by atoms with Crippen molar-refractivity contribution in [2.24, 2.45) is 16.7 Å². The van der Waals surface area contributed by atoms with Crippen molar-refractivity contribution >= 4 is 5.84 Å². The summed E-state index contributed by atoms with van der Waals surface area (Å²) in [5.41, 5.74) is 6.61. The van der Waals surface area contributed by atoms with E-state index in [2.05, 4.69) is 5.10 Å². The van der Waals surface area contributed by atoms with Crippen molar-refractivity contribution in [2.45, 2.75) is 20.8 Å². The third-order valence-corrected chi connectivity index (χ3v) is 1.74. The molecule has 90 valence electrons. The average molecular weight is 226 g/mol. The van der Waals surface area contributed by atoms with Crippen LogP contribution in [-0.4, -0.2) is 18.0 Å². The highest BCUT2D eigenvalue weighted by Crippen LogP contribution is 2.11. The molecular formula is C11H19FN4. The van der Waals surface area contributed by atoms with Gasteiger partial charge in [-0.1, -0.05) is 26.0 Å². The van der Waals surface area contributed by atoms with E-state index in [-0.39, 0.29) is 5.84 Å². The predicted octanol–water partition coefficient (Wildman–Crippen LogP) is 1.59. The Morgan fingerprint density at radius 3 is 2.38 bits per heavy atom. The lowest BCUT2D eigenvalue weighted by molar-refractivity contribution is 0.371. The molecule has 0 radical (unpaired) electrons. The molecule has 0 spiro atoms. The van der Waals surface area contributed by atoms with Crippen molar-refractivity contribution in [3.8, 4) is 0 Å². The van der Waals surface area contributed by atoms with Crippen LogP contribution < -0.4 is 11.6 Å². The zero-order valence-electron chi connectivity index (χ0n) is 10.2. The number of hydrogen-bond donors (Lipinski definition) is 2. The van der Waals surface area contributed by atoms with Crippen LogP contribution in [0.3, 0.4) is 0 Å². The van der Waals surface area contributed by atoms with Crippen molar-refractivity contribution in [3.05, 3.63) is 35.1 Å². The van der Waals surface area contributed by atoms with E-state index in [4.69, 9.17) is 11.6 Å². The number of nitrogens with two attached hydrogens (primary N) is 2. The number of hydrazone groups is 1. The van der Waals surface area contributed by atoms with E-state index in [1.165, 1.54) is 13.1 Å². The van der Waals surface area contributed by atoms with Crippen LogP contribution in [0.5, 0.6) is 0 Å². The SMILES string of the molecule is CC.Cc1cccc(F)c1/C(N)=N/N(C)N. The number of rotatable bonds is 2. The molecule has 0 aliphatic carbocycles. The molecule has 0 bridgehead atoms. The average Bonchev–Trinajstić information content (AvgIpc) is 2.19. The van der Waals surface area contributed by atoms with Gasteiger partial charge < -0.3 is 5.73 Å². The largest absolute Gasteiger partial charge is 0.382 e. The lowest BCUT2D eigenvalue weighted by Crippen LogP contribution is -2.26. The minimum atomic E-state index is -0.395. The number of benzene rings is 1. The van der Waals surface area contributed by atoms with Crippen molar-refractivity contribution in [1.82, 2.24) is 5.12 Å². The normalized spacial score (nSPS) is 10.5. The number of halogens is 1. The van der Waals surface area contributed by atoms with Gasteiger partial charge in [0.2, 0.25) is 0 Å². The molecule has 0 atom stereocenters. The number of amidine groups is 1. The number of hydrogen-bond acceptors (Lipinski definition) is 3. The molecule has 16 heavy (non-hydrogen) atoms. The van der Waals surface area contributed by atoms with Gasteiger partial charge in [0.1, 0.15) is 5.82 Å². The summed E-state index contributed by atoms with van der Waals surface area (Å²) in [5, 5.41) is 4.78. The van der Waals surface area contributed by atoms with Crippen molar-refractivity contribution in [1.29, 1.82) is 0 Å². The fraction of sp³-hybridized carbons (Fsp3) is 0.364. The van der Waals surface area contributed by atoms with Gasteiger partial charge in [0, 0.05) is 7.05 Å². The fourth-order valence-electron chi connectivity index (χ4n) is 1.18. The standard InChI is InChI=1S/C9H13FN4.C2H6/c1-6-4-3-5-7(10)8(6)9(11)13-14(2)12;1-2/h3-5H,12H2,1-2H3,(H2,11,13);1-2H3. The Labute approximate surface area is 95.7 Å². The lowest BCUT2D eigenvalue weighted by atomic mass is 10.1. The summed E-state index contributed by atoms with van der Waals surface area (Å²) in [6.07, 6.45) is 0. The number of hydrazine groups is 1. The smallest absolute Gasteiger partial charge is 0.155 e. The highest BCUT2D eigenvalue weighted by molar-refractivity contribution is 5.98. The molecule has 0 aliphatic rings. The summed E-state index contributed by atoms with van der Waals surface area (Å²) in [6, 6.07) is 4.71. The van der Waals surface area contributed by atoms with Crippen molar-refractivity contribution in [2.75, 3.05) is 7.05 Å². The summed E-state index contributed by atoms with van der Waals surface area (Å²) in [7, 11) is 1.52. The zero-order valence-corrected chi connectivity index (χ0v) is 10.2. The van der Waals surface area contributed by atoms with Crippen LogP contribution in [-0.2, 0) is 0 Å². The Morgan fingerprint density at radius 1 is 1.38 bits per heavy atom. The first-order valence-corrected chi connectivity index (χ1v) is 5.10. The van der Waals surface area contributed by atoms with Gasteiger partial charge in [0.15, 0.2) is 5.84 Å². The third-order valence-electron chi connectivity index (χ3n) is 1.74. The maximum absolute atomic E-state index is 13.3. The monoisotopic (exact) mass is 226 g/mol. The van der Waals surface area contributed by atoms with Gasteiger partial charge in [0.05, 0.1) is 5.56 Å². The molecule has 1 aromatic carbocycles.